The highest BCUT2D eigenvalue weighted by Gasteiger charge is 2.13. The molecule has 1 heterocycles. The molecule has 0 radical (unpaired) electrons. The minimum atomic E-state index is 0.243. The molecule has 2 nitrogen and oxygen atoms in total. The number of carbonyl (C=O) groups excluding carboxylic acids is 1. The Morgan fingerprint density at radius 1 is 1.04 bits per heavy atom. The number of hydrogen-bond donors (Lipinski definition) is 0. The van der Waals surface area contributed by atoms with Crippen LogP contribution >= 0.6 is 0 Å². The van der Waals surface area contributed by atoms with E-state index in [4.69, 9.17) is 0 Å². The summed E-state index contributed by atoms with van der Waals surface area (Å²) in [6.07, 6.45) is 11.8. The van der Waals surface area contributed by atoms with Crippen LogP contribution in [0, 0.1) is 5.92 Å². The lowest BCUT2D eigenvalue weighted by atomic mass is 9.95. The highest BCUT2D eigenvalue weighted by atomic mass is 16.1. The summed E-state index contributed by atoms with van der Waals surface area (Å²) in [5, 5.41) is 0. The van der Waals surface area contributed by atoms with Crippen LogP contribution < -0.4 is 0 Å². The predicted octanol–water partition coefficient (Wildman–Crippen LogP) is 7.27. The highest BCUT2D eigenvalue weighted by Crippen LogP contribution is 2.25. The van der Waals surface area contributed by atoms with Gasteiger partial charge in [0.15, 0.2) is 5.78 Å². The number of aromatic nitrogens is 1. The van der Waals surface area contributed by atoms with E-state index in [-0.39, 0.29) is 5.78 Å². The molecule has 0 aliphatic carbocycles. The van der Waals surface area contributed by atoms with Gasteiger partial charge in [0.1, 0.15) is 0 Å². The topological polar surface area (TPSA) is 30.0 Å². The maximum atomic E-state index is 12.8. The van der Waals surface area contributed by atoms with Crippen LogP contribution in [0.3, 0.4) is 0 Å². The molecule has 1 aromatic carbocycles. The van der Waals surface area contributed by atoms with Crippen molar-refractivity contribution in [3.8, 4) is 11.3 Å². The van der Waals surface area contributed by atoms with Crippen molar-refractivity contribution in [1.82, 2.24) is 4.98 Å². The lowest BCUT2D eigenvalue weighted by Gasteiger charge is -2.11. The van der Waals surface area contributed by atoms with E-state index in [0.29, 0.717) is 6.42 Å². The second-order valence-corrected chi connectivity index (χ2v) is 7.73. The second-order valence-electron chi connectivity index (χ2n) is 7.73. The molecule has 1 aromatic heterocycles. The van der Waals surface area contributed by atoms with Crippen molar-refractivity contribution in [3.63, 3.8) is 0 Å². The molecule has 1 atom stereocenters. The molecule has 0 aliphatic heterocycles. The van der Waals surface area contributed by atoms with Gasteiger partial charge in [-0.2, -0.15) is 0 Å². The molecule has 2 heteroatoms. The summed E-state index contributed by atoms with van der Waals surface area (Å²) in [6, 6.07) is 12.2. The monoisotopic (exact) mass is 365 g/mol. The number of Topliss-reactive ketones (excluding diaryl/α,β-unsaturated/α-hetero) is 1. The summed E-state index contributed by atoms with van der Waals surface area (Å²) in [5.41, 5.74) is 4.03. The first-order valence-electron chi connectivity index (χ1n) is 10.7. The fourth-order valence-corrected chi connectivity index (χ4v) is 3.42. The number of pyridine rings is 1. The largest absolute Gasteiger partial charge is 0.294 e. The summed E-state index contributed by atoms with van der Waals surface area (Å²) in [4.78, 5) is 17.4. The molecule has 27 heavy (non-hydrogen) atoms. The van der Waals surface area contributed by atoms with E-state index in [1.54, 1.807) is 0 Å². The minimum Gasteiger partial charge on any atom is -0.294 e. The van der Waals surface area contributed by atoms with E-state index in [1.165, 1.54) is 37.7 Å². The third-order valence-corrected chi connectivity index (χ3v) is 5.44. The highest BCUT2D eigenvalue weighted by molar-refractivity contribution is 6.01. The molecule has 0 saturated heterocycles. The average molecular weight is 366 g/mol. The maximum absolute atomic E-state index is 12.8. The van der Waals surface area contributed by atoms with Gasteiger partial charge in [-0.15, -0.1) is 0 Å². The SMILES string of the molecule is CCCCCc1ccnc(-c2ccccc2C(=O)CCCCC(C)CC)c1. The minimum absolute atomic E-state index is 0.243. The quantitative estimate of drug-likeness (QED) is 0.292. The molecular formula is C25H35NO. The average Bonchev–Trinajstić information content (AvgIpc) is 2.71. The fourth-order valence-electron chi connectivity index (χ4n) is 3.42. The summed E-state index contributed by atoms with van der Waals surface area (Å²) >= 11 is 0. The van der Waals surface area contributed by atoms with Gasteiger partial charge in [-0.3, -0.25) is 9.78 Å². The number of benzene rings is 1. The molecule has 0 N–H and O–H groups in total. The Bertz CT molecular complexity index is 707. The standard InChI is InChI=1S/C25H35NO/c1-4-6-7-13-21-17-18-26-24(19-21)22-14-9-10-15-23(22)25(27)16-11-8-12-20(3)5-2/h9-10,14-15,17-20H,4-8,11-13,16H2,1-3H3. The Kier molecular flexibility index (Phi) is 9.24. The Morgan fingerprint density at radius 2 is 1.85 bits per heavy atom. The van der Waals surface area contributed by atoms with Crippen LogP contribution in [0.15, 0.2) is 42.6 Å². The third kappa shape index (κ3) is 6.93. The lowest BCUT2D eigenvalue weighted by molar-refractivity contribution is 0.0979. The molecule has 0 aliphatic rings. The molecule has 146 valence electrons. The van der Waals surface area contributed by atoms with Crippen LogP contribution in [0.1, 0.15) is 88.1 Å². The van der Waals surface area contributed by atoms with Crippen LogP contribution in [-0.4, -0.2) is 10.8 Å². The summed E-state index contributed by atoms with van der Waals surface area (Å²) in [7, 11) is 0. The van der Waals surface area contributed by atoms with E-state index in [9.17, 15) is 4.79 Å². The van der Waals surface area contributed by atoms with Gasteiger partial charge in [-0.1, -0.05) is 77.1 Å². The third-order valence-electron chi connectivity index (χ3n) is 5.44. The lowest BCUT2D eigenvalue weighted by Crippen LogP contribution is -2.03. The first kappa shape index (κ1) is 21.3. The predicted molar refractivity (Wildman–Crippen MR) is 115 cm³/mol. The van der Waals surface area contributed by atoms with Gasteiger partial charge in [0.25, 0.3) is 0 Å². The van der Waals surface area contributed by atoms with Crippen molar-refractivity contribution in [2.45, 2.75) is 78.6 Å². The van der Waals surface area contributed by atoms with Gasteiger partial charge < -0.3 is 0 Å². The maximum Gasteiger partial charge on any atom is 0.163 e. The number of unbranched alkanes of at least 4 members (excludes halogenated alkanes) is 3. The Morgan fingerprint density at radius 3 is 2.63 bits per heavy atom. The number of nitrogens with zero attached hydrogens (tertiary/aromatic N) is 1. The normalized spacial score (nSPS) is 12.1. The molecule has 2 rings (SSSR count). The van der Waals surface area contributed by atoms with Crippen molar-refractivity contribution in [2.75, 3.05) is 0 Å². The van der Waals surface area contributed by atoms with Gasteiger partial charge in [0.2, 0.25) is 0 Å². The van der Waals surface area contributed by atoms with Crippen molar-refractivity contribution in [2.24, 2.45) is 5.92 Å². The molecule has 2 aromatic rings. The van der Waals surface area contributed by atoms with E-state index < -0.39 is 0 Å². The number of aryl methyl sites for hydroxylation is 1. The molecular weight excluding hydrogens is 330 g/mol. The molecule has 0 spiro atoms. The zero-order valence-corrected chi connectivity index (χ0v) is 17.3. The number of carbonyl (C=O) groups is 1. The molecule has 1 unspecified atom stereocenters. The molecule has 0 fully saturated rings. The van der Waals surface area contributed by atoms with Crippen LogP contribution in [0.2, 0.25) is 0 Å². The van der Waals surface area contributed by atoms with E-state index in [0.717, 1.165) is 42.0 Å². The fraction of sp³-hybridized carbons (Fsp3) is 0.520. The number of rotatable bonds is 12. The zero-order valence-electron chi connectivity index (χ0n) is 17.3. The van der Waals surface area contributed by atoms with Gasteiger partial charge >= 0.3 is 0 Å². The van der Waals surface area contributed by atoms with E-state index >= 15 is 0 Å². The summed E-state index contributed by atoms with van der Waals surface area (Å²) in [5.74, 6) is 1.000. The van der Waals surface area contributed by atoms with Crippen LogP contribution in [0.25, 0.3) is 11.3 Å². The van der Waals surface area contributed by atoms with Crippen molar-refractivity contribution < 1.29 is 4.79 Å². The first-order chi connectivity index (χ1) is 13.2. The zero-order chi connectivity index (χ0) is 19.5. The summed E-state index contributed by atoms with van der Waals surface area (Å²) < 4.78 is 0. The Balaban J connectivity index is 2.06. The van der Waals surface area contributed by atoms with E-state index in [2.05, 4.69) is 37.9 Å². The molecule has 0 amide bonds. The van der Waals surface area contributed by atoms with Crippen LogP contribution in [0.4, 0.5) is 0 Å². The van der Waals surface area contributed by atoms with Gasteiger partial charge in [-0.25, -0.2) is 0 Å². The molecule has 0 saturated carbocycles. The van der Waals surface area contributed by atoms with Crippen LogP contribution in [0.5, 0.6) is 0 Å². The van der Waals surface area contributed by atoms with Crippen molar-refractivity contribution in [1.29, 1.82) is 0 Å². The van der Waals surface area contributed by atoms with Crippen LogP contribution in [-0.2, 0) is 6.42 Å². The number of hydrogen-bond acceptors (Lipinski definition) is 2. The van der Waals surface area contributed by atoms with Crippen molar-refractivity contribution in [3.05, 3.63) is 53.7 Å². The molecule has 0 bridgehead atoms. The van der Waals surface area contributed by atoms with Gasteiger partial charge in [0, 0.05) is 23.7 Å². The Labute approximate surface area is 165 Å². The van der Waals surface area contributed by atoms with Gasteiger partial charge in [-0.05, 0) is 42.9 Å². The van der Waals surface area contributed by atoms with E-state index in [1.807, 2.05) is 30.5 Å². The first-order valence-corrected chi connectivity index (χ1v) is 10.7. The Hall–Kier alpha value is -1.96. The van der Waals surface area contributed by atoms with Crippen molar-refractivity contribution >= 4 is 5.78 Å². The second kappa shape index (κ2) is 11.7. The van der Waals surface area contributed by atoms with Gasteiger partial charge in [0.05, 0.1) is 5.69 Å². The number of ketones is 1. The smallest absolute Gasteiger partial charge is 0.163 e. The summed E-state index contributed by atoms with van der Waals surface area (Å²) in [6.45, 7) is 6.74.